The molecule has 0 spiro atoms. The fraction of sp³-hybridized carbons (Fsp3) is 0. The largest absolute Gasteiger partial charge is 0.476 e. The third kappa shape index (κ3) is 1.96. The number of fused-ring (bicyclic) bond motifs is 1. The topological polar surface area (TPSA) is 63.3 Å². The maximum Gasteiger partial charge on any atom is 0.356 e. The fourth-order valence-electron chi connectivity index (χ4n) is 1.91. The minimum atomic E-state index is -1.16. The summed E-state index contributed by atoms with van der Waals surface area (Å²) in [6.45, 7) is 0. The van der Waals surface area contributed by atoms with E-state index in [2.05, 4.69) is 4.98 Å². The van der Waals surface area contributed by atoms with Crippen LogP contribution < -0.4 is 0 Å². The summed E-state index contributed by atoms with van der Waals surface area (Å²) in [6, 6.07) is 10.7. The lowest BCUT2D eigenvalue weighted by molar-refractivity contribution is 0.0691. The van der Waals surface area contributed by atoms with Gasteiger partial charge >= 0.3 is 5.97 Å². The molecule has 19 heavy (non-hydrogen) atoms. The molecule has 4 nitrogen and oxygen atoms in total. The molecular formula is C14H8ClNO3. The average molecular weight is 274 g/mol. The Kier molecular flexibility index (Phi) is 2.72. The van der Waals surface area contributed by atoms with Crippen LogP contribution in [0.3, 0.4) is 0 Å². The number of nitrogens with zero attached hydrogens (tertiary/aromatic N) is 1. The van der Waals surface area contributed by atoms with Crippen LogP contribution in [-0.4, -0.2) is 16.1 Å². The van der Waals surface area contributed by atoms with E-state index in [1.165, 1.54) is 6.07 Å². The molecule has 5 heteroatoms. The highest BCUT2D eigenvalue weighted by Gasteiger charge is 2.15. The molecule has 0 saturated heterocycles. The number of halogens is 1. The van der Waals surface area contributed by atoms with Gasteiger partial charge in [-0.15, -0.1) is 0 Å². The Bertz CT molecular complexity index is 779. The van der Waals surface area contributed by atoms with Crippen molar-refractivity contribution in [1.29, 1.82) is 0 Å². The van der Waals surface area contributed by atoms with Gasteiger partial charge < -0.3 is 9.52 Å². The molecule has 3 aromatic rings. The van der Waals surface area contributed by atoms with Gasteiger partial charge in [0.1, 0.15) is 5.69 Å². The quantitative estimate of drug-likeness (QED) is 0.770. The van der Waals surface area contributed by atoms with Gasteiger partial charge in [-0.2, -0.15) is 0 Å². The lowest BCUT2D eigenvalue weighted by Gasteiger charge is -2.01. The highest BCUT2D eigenvalue weighted by molar-refractivity contribution is 6.33. The van der Waals surface area contributed by atoms with Crippen LogP contribution >= 0.6 is 11.6 Å². The van der Waals surface area contributed by atoms with Crippen molar-refractivity contribution in [2.24, 2.45) is 0 Å². The van der Waals surface area contributed by atoms with Gasteiger partial charge in [0.25, 0.3) is 0 Å². The van der Waals surface area contributed by atoms with Gasteiger partial charge in [0.2, 0.25) is 0 Å². The van der Waals surface area contributed by atoms with Gasteiger partial charge in [0.15, 0.2) is 11.5 Å². The molecule has 0 atom stereocenters. The second-order valence-electron chi connectivity index (χ2n) is 3.98. The van der Waals surface area contributed by atoms with Crippen LogP contribution in [-0.2, 0) is 0 Å². The zero-order chi connectivity index (χ0) is 13.4. The molecule has 0 aliphatic carbocycles. The maximum atomic E-state index is 11.0. The van der Waals surface area contributed by atoms with Crippen LogP contribution in [0.1, 0.15) is 10.5 Å². The van der Waals surface area contributed by atoms with Crippen molar-refractivity contribution in [3.63, 3.8) is 0 Å². The molecule has 1 N–H and O–H groups in total. The minimum absolute atomic E-state index is 0.104. The molecule has 94 valence electrons. The molecule has 0 fully saturated rings. The van der Waals surface area contributed by atoms with Gasteiger partial charge in [-0.1, -0.05) is 35.9 Å². The zero-order valence-electron chi connectivity index (χ0n) is 9.63. The van der Waals surface area contributed by atoms with Crippen LogP contribution in [0.15, 0.2) is 47.1 Å². The average Bonchev–Trinajstić information content (AvgIpc) is 2.83. The first kappa shape index (κ1) is 11.7. The number of carboxylic acid groups (broad SMARTS) is 1. The van der Waals surface area contributed by atoms with E-state index >= 15 is 0 Å². The van der Waals surface area contributed by atoms with Crippen LogP contribution in [0.25, 0.3) is 22.2 Å². The maximum absolute atomic E-state index is 11.0. The van der Waals surface area contributed by atoms with Crippen molar-refractivity contribution >= 4 is 28.3 Å². The van der Waals surface area contributed by atoms with Gasteiger partial charge in [0, 0.05) is 10.8 Å². The molecule has 2 heterocycles. The fourth-order valence-corrected chi connectivity index (χ4v) is 2.10. The molecule has 0 aliphatic heterocycles. The van der Waals surface area contributed by atoms with E-state index in [0.29, 0.717) is 11.5 Å². The van der Waals surface area contributed by atoms with Crippen molar-refractivity contribution in [2.75, 3.05) is 0 Å². The lowest BCUT2D eigenvalue weighted by Crippen LogP contribution is -2.02. The van der Waals surface area contributed by atoms with E-state index in [0.717, 1.165) is 10.8 Å². The Morgan fingerprint density at radius 3 is 2.79 bits per heavy atom. The number of benzene rings is 1. The Balaban J connectivity index is 2.22. The zero-order valence-corrected chi connectivity index (χ0v) is 10.4. The van der Waals surface area contributed by atoms with Crippen molar-refractivity contribution in [3.8, 4) is 11.5 Å². The number of rotatable bonds is 2. The Morgan fingerprint density at radius 2 is 2.00 bits per heavy atom. The van der Waals surface area contributed by atoms with Crippen LogP contribution in [0, 0.1) is 0 Å². The van der Waals surface area contributed by atoms with Crippen molar-refractivity contribution in [1.82, 2.24) is 4.98 Å². The van der Waals surface area contributed by atoms with Crippen molar-refractivity contribution in [3.05, 3.63) is 53.4 Å². The lowest BCUT2D eigenvalue weighted by atomic mass is 10.1. The second kappa shape index (κ2) is 4.40. The number of aromatic nitrogens is 1. The molecule has 0 unspecified atom stereocenters. The Labute approximate surface area is 113 Å². The van der Waals surface area contributed by atoms with Gasteiger partial charge in [-0.3, -0.25) is 0 Å². The summed E-state index contributed by atoms with van der Waals surface area (Å²) in [4.78, 5) is 15.1. The molecule has 3 rings (SSSR count). The number of carboxylic acids is 1. The van der Waals surface area contributed by atoms with E-state index < -0.39 is 5.97 Å². The molecule has 0 saturated carbocycles. The predicted molar refractivity (Wildman–Crippen MR) is 71.4 cm³/mol. The van der Waals surface area contributed by atoms with Gasteiger partial charge in [0.05, 0.1) is 11.3 Å². The number of hydrogen-bond donors (Lipinski definition) is 1. The normalized spacial score (nSPS) is 10.8. The predicted octanol–water partition coefficient (Wildman–Crippen LogP) is 3.85. The van der Waals surface area contributed by atoms with Crippen molar-refractivity contribution in [2.45, 2.75) is 0 Å². The summed E-state index contributed by atoms with van der Waals surface area (Å²) in [5.41, 5.74) is 0.266. The SMILES string of the molecule is O=C(O)c1nc(-c2occ3ccccc23)ccc1Cl. The number of aromatic carboxylic acids is 1. The minimum Gasteiger partial charge on any atom is -0.476 e. The molecule has 0 bridgehead atoms. The summed E-state index contributed by atoms with van der Waals surface area (Å²) < 4.78 is 5.48. The van der Waals surface area contributed by atoms with E-state index in [9.17, 15) is 4.79 Å². The monoisotopic (exact) mass is 273 g/mol. The summed E-state index contributed by atoms with van der Waals surface area (Å²) in [5, 5.41) is 10.9. The second-order valence-corrected chi connectivity index (χ2v) is 4.39. The molecule has 0 radical (unpaired) electrons. The molecule has 2 aromatic heterocycles. The first-order chi connectivity index (χ1) is 9.16. The number of furan rings is 1. The van der Waals surface area contributed by atoms with E-state index in [-0.39, 0.29) is 10.7 Å². The molecule has 0 aliphatic rings. The Hall–Kier alpha value is -2.33. The highest BCUT2D eigenvalue weighted by atomic mass is 35.5. The summed E-state index contributed by atoms with van der Waals surface area (Å²) in [6.07, 6.45) is 1.61. The third-order valence-corrected chi connectivity index (χ3v) is 3.10. The highest BCUT2D eigenvalue weighted by Crippen LogP contribution is 2.30. The van der Waals surface area contributed by atoms with E-state index in [4.69, 9.17) is 21.1 Å². The van der Waals surface area contributed by atoms with E-state index in [1.807, 2.05) is 24.3 Å². The van der Waals surface area contributed by atoms with Crippen LogP contribution in [0.4, 0.5) is 0 Å². The summed E-state index contributed by atoms with van der Waals surface area (Å²) in [7, 11) is 0. The Morgan fingerprint density at radius 1 is 1.21 bits per heavy atom. The number of hydrogen-bond acceptors (Lipinski definition) is 3. The van der Waals surface area contributed by atoms with Crippen LogP contribution in [0.2, 0.25) is 5.02 Å². The van der Waals surface area contributed by atoms with Crippen molar-refractivity contribution < 1.29 is 14.3 Å². The summed E-state index contributed by atoms with van der Waals surface area (Å²) >= 11 is 5.80. The van der Waals surface area contributed by atoms with E-state index in [1.54, 1.807) is 12.3 Å². The third-order valence-electron chi connectivity index (χ3n) is 2.79. The summed E-state index contributed by atoms with van der Waals surface area (Å²) in [5.74, 6) is -0.627. The molecule has 0 amide bonds. The number of pyridine rings is 1. The number of carbonyl (C=O) groups is 1. The first-order valence-corrected chi connectivity index (χ1v) is 5.91. The first-order valence-electron chi connectivity index (χ1n) is 5.53. The molecule has 1 aromatic carbocycles. The standard InChI is InChI=1S/C14H8ClNO3/c15-10-5-6-11(16-12(10)14(17)18)13-9-4-2-1-3-8(9)7-19-13/h1-7H,(H,17,18). The van der Waals surface area contributed by atoms with Gasteiger partial charge in [-0.25, -0.2) is 9.78 Å². The van der Waals surface area contributed by atoms with Gasteiger partial charge in [-0.05, 0) is 12.1 Å². The smallest absolute Gasteiger partial charge is 0.356 e. The van der Waals surface area contributed by atoms with Crippen LogP contribution in [0.5, 0.6) is 0 Å². The molecular weight excluding hydrogens is 266 g/mol.